The Labute approximate surface area is 75.0 Å². The number of hydrogen-bond donors (Lipinski definition) is 1. The molecule has 0 spiro atoms. The van der Waals surface area contributed by atoms with E-state index in [1.807, 2.05) is 0 Å². The number of aromatic nitrogens is 2. The van der Waals surface area contributed by atoms with Gasteiger partial charge in [0.2, 0.25) is 5.28 Å². The number of hydrogen-bond acceptors (Lipinski definition) is 4. The number of halogens is 1. The maximum absolute atomic E-state index is 5.52. The molecule has 0 saturated heterocycles. The number of nitrogens with zero attached hydrogens (tertiary/aromatic N) is 2. The van der Waals surface area contributed by atoms with Crippen LogP contribution in [-0.4, -0.2) is 17.1 Å². The standard InChI is InChI=1S/C7H8ClN3O/c1-12-3-2-5-4-10-7(8)11-6(5)9/h2-4H,1H3,(H2,9,10,11). The van der Waals surface area contributed by atoms with Gasteiger partial charge in [0.05, 0.1) is 13.4 Å². The summed E-state index contributed by atoms with van der Waals surface area (Å²) in [7, 11) is 1.55. The number of methoxy groups -OCH3 is 1. The zero-order valence-corrected chi connectivity index (χ0v) is 7.25. The first-order chi connectivity index (χ1) is 5.74. The SMILES string of the molecule is COC=Cc1cnc(Cl)nc1N. The monoisotopic (exact) mass is 185 g/mol. The van der Waals surface area contributed by atoms with E-state index in [-0.39, 0.29) is 5.28 Å². The second-order valence-electron chi connectivity index (χ2n) is 2.02. The minimum absolute atomic E-state index is 0.141. The summed E-state index contributed by atoms with van der Waals surface area (Å²) in [4.78, 5) is 7.51. The van der Waals surface area contributed by atoms with Gasteiger partial charge in [-0.15, -0.1) is 0 Å². The molecular weight excluding hydrogens is 178 g/mol. The van der Waals surface area contributed by atoms with Gasteiger partial charge < -0.3 is 10.5 Å². The third-order valence-corrected chi connectivity index (χ3v) is 1.38. The Kier molecular flexibility index (Phi) is 2.88. The van der Waals surface area contributed by atoms with Crippen LogP contribution in [0.1, 0.15) is 5.56 Å². The van der Waals surface area contributed by atoms with E-state index in [0.717, 1.165) is 0 Å². The normalized spacial score (nSPS) is 10.5. The van der Waals surface area contributed by atoms with E-state index in [1.54, 1.807) is 13.2 Å². The predicted octanol–water partition coefficient (Wildman–Crippen LogP) is 1.33. The van der Waals surface area contributed by atoms with Gasteiger partial charge in [-0.1, -0.05) is 0 Å². The maximum Gasteiger partial charge on any atom is 0.224 e. The van der Waals surface area contributed by atoms with Crippen LogP contribution in [0.15, 0.2) is 12.5 Å². The van der Waals surface area contributed by atoms with Crippen molar-refractivity contribution in [2.24, 2.45) is 0 Å². The molecule has 0 atom stereocenters. The summed E-state index contributed by atoms with van der Waals surface area (Å²) in [6.45, 7) is 0. The fraction of sp³-hybridized carbons (Fsp3) is 0.143. The van der Waals surface area contributed by atoms with E-state index in [0.29, 0.717) is 11.4 Å². The van der Waals surface area contributed by atoms with Crippen LogP contribution in [0, 0.1) is 0 Å². The molecule has 2 N–H and O–H groups in total. The number of ether oxygens (including phenoxy) is 1. The topological polar surface area (TPSA) is 61.0 Å². The van der Waals surface area contributed by atoms with Gasteiger partial charge in [0.15, 0.2) is 0 Å². The molecule has 1 heterocycles. The Hall–Kier alpha value is -1.29. The third kappa shape index (κ3) is 2.10. The van der Waals surface area contributed by atoms with Gasteiger partial charge in [-0.2, -0.15) is 0 Å². The Morgan fingerprint density at radius 1 is 1.67 bits per heavy atom. The molecule has 0 bridgehead atoms. The van der Waals surface area contributed by atoms with Crippen LogP contribution in [0.4, 0.5) is 5.82 Å². The number of nitrogens with two attached hydrogens (primary N) is 1. The molecule has 64 valence electrons. The molecule has 0 amide bonds. The van der Waals surface area contributed by atoms with Gasteiger partial charge in [-0.3, -0.25) is 0 Å². The average molecular weight is 186 g/mol. The summed E-state index contributed by atoms with van der Waals surface area (Å²) in [6.07, 6.45) is 4.68. The fourth-order valence-corrected chi connectivity index (χ4v) is 0.791. The smallest absolute Gasteiger partial charge is 0.224 e. The van der Waals surface area contributed by atoms with Crippen molar-refractivity contribution in [2.75, 3.05) is 12.8 Å². The minimum atomic E-state index is 0.141. The zero-order chi connectivity index (χ0) is 8.97. The van der Waals surface area contributed by atoms with Gasteiger partial charge in [-0.25, -0.2) is 9.97 Å². The largest absolute Gasteiger partial charge is 0.504 e. The Balaban J connectivity index is 2.94. The zero-order valence-electron chi connectivity index (χ0n) is 6.49. The molecule has 0 aliphatic rings. The van der Waals surface area contributed by atoms with E-state index in [2.05, 4.69) is 9.97 Å². The minimum Gasteiger partial charge on any atom is -0.504 e. The van der Waals surface area contributed by atoms with Crippen molar-refractivity contribution in [3.8, 4) is 0 Å². The number of nitrogen functional groups attached to an aromatic ring is 1. The predicted molar refractivity (Wildman–Crippen MR) is 47.5 cm³/mol. The summed E-state index contributed by atoms with van der Waals surface area (Å²) < 4.78 is 4.71. The van der Waals surface area contributed by atoms with Crippen LogP contribution in [0.3, 0.4) is 0 Å². The van der Waals surface area contributed by atoms with E-state index in [4.69, 9.17) is 22.1 Å². The van der Waals surface area contributed by atoms with Gasteiger partial charge in [-0.05, 0) is 17.7 Å². The molecule has 12 heavy (non-hydrogen) atoms. The van der Waals surface area contributed by atoms with Crippen molar-refractivity contribution in [2.45, 2.75) is 0 Å². The lowest BCUT2D eigenvalue weighted by Crippen LogP contribution is -1.95. The van der Waals surface area contributed by atoms with Crippen molar-refractivity contribution < 1.29 is 4.74 Å². The molecule has 1 rings (SSSR count). The molecule has 0 aromatic carbocycles. The summed E-state index contributed by atoms with van der Waals surface area (Å²) in [6, 6.07) is 0. The summed E-state index contributed by atoms with van der Waals surface area (Å²) in [5.41, 5.74) is 6.20. The molecule has 0 unspecified atom stereocenters. The molecular formula is C7H8ClN3O. The molecule has 0 radical (unpaired) electrons. The third-order valence-electron chi connectivity index (χ3n) is 1.20. The molecule has 0 fully saturated rings. The van der Waals surface area contributed by atoms with E-state index in [1.165, 1.54) is 12.5 Å². The summed E-state index contributed by atoms with van der Waals surface area (Å²) in [5.74, 6) is 0.336. The molecule has 4 nitrogen and oxygen atoms in total. The fourth-order valence-electron chi connectivity index (χ4n) is 0.652. The highest BCUT2D eigenvalue weighted by atomic mass is 35.5. The van der Waals surface area contributed by atoms with Crippen LogP contribution in [0.25, 0.3) is 6.08 Å². The van der Waals surface area contributed by atoms with Crippen molar-refractivity contribution >= 4 is 23.5 Å². The average Bonchev–Trinajstić information content (AvgIpc) is 2.03. The number of anilines is 1. The lowest BCUT2D eigenvalue weighted by Gasteiger charge is -1.97. The molecule has 1 aromatic heterocycles. The van der Waals surface area contributed by atoms with Crippen molar-refractivity contribution in [1.82, 2.24) is 9.97 Å². The van der Waals surface area contributed by atoms with E-state index < -0.39 is 0 Å². The lowest BCUT2D eigenvalue weighted by molar-refractivity contribution is 0.341. The molecule has 0 saturated carbocycles. The van der Waals surface area contributed by atoms with E-state index in [9.17, 15) is 0 Å². The first-order valence-electron chi connectivity index (χ1n) is 3.21. The Bertz CT molecular complexity index is 301. The molecule has 0 aliphatic carbocycles. The maximum atomic E-state index is 5.52. The molecule has 5 heteroatoms. The second kappa shape index (κ2) is 3.92. The van der Waals surface area contributed by atoms with Crippen LogP contribution >= 0.6 is 11.6 Å². The molecule has 0 aliphatic heterocycles. The summed E-state index contributed by atoms with van der Waals surface area (Å²) >= 11 is 5.49. The van der Waals surface area contributed by atoms with Crippen LogP contribution < -0.4 is 5.73 Å². The van der Waals surface area contributed by atoms with Crippen LogP contribution in [0.2, 0.25) is 5.28 Å². The highest BCUT2D eigenvalue weighted by molar-refractivity contribution is 6.28. The van der Waals surface area contributed by atoms with Gasteiger partial charge >= 0.3 is 0 Å². The van der Waals surface area contributed by atoms with Crippen LogP contribution in [0.5, 0.6) is 0 Å². The lowest BCUT2D eigenvalue weighted by atomic mass is 10.3. The van der Waals surface area contributed by atoms with Gasteiger partial charge in [0.1, 0.15) is 5.82 Å². The van der Waals surface area contributed by atoms with Gasteiger partial charge in [0.25, 0.3) is 0 Å². The first kappa shape index (κ1) is 8.80. The molecule has 1 aromatic rings. The van der Waals surface area contributed by atoms with Gasteiger partial charge in [0, 0.05) is 11.8 Å². The van der Waals surface area contributed by atoms with Crippen molar-refractivity contribution in [3.05, 3.63) is 23.3 Å². The summed E-state index contributed by atoms with van der Waals surface area (Å²) in [5, 5.41) is 0.141. The first-order valence-corrected chi connectivity index (χ1v) is 3.59. The second-order valence-corrected chi connectivity index (χ2v) is 2.36. The highest BCUT2D eigenvalue weighted by Crippen LogP contribution is 2.11. The van der Waals surface area contributed by atoms with Crippen molar-refractivity contribution in [3.63, 3.8) is 0 Å². The van der Waals surface area contributed by atoms with Crippen molar-refractivity contribution in [1.29, 1.82) is 0 Å². The Morgan fingerprint density at radius 3 is 3.00 bits per heavy atom. The van der Waals surface area contributed by atoms with E-state index >= 15 is 0 Å². The number of rotatable bonds is 2. The highest BCUT2D eigenvalue weighted by Gasteiger charge is 1.97. The quantitative estimate of drug-likeness (QED) is 0.558. The Morgan fingerprint density at radius 2 is 2.42 bits per heavy atom. The van der Waals surface area contributed by atoms with Crippen LogP contribution in [-0.2, 0) is 4.74 Å².